The normalized spacial score (nSPS) is 16.9. The first-order valence-electron chi connectivity index (χ1n) is 11.1. The van der Waals surface area contributed by atoms with E-state index in [9.17, 15) is 9.59 Å². The maximum absolute atomic E-state index is 13.4. The van der Waals surface area contributed by atoms with E-state index in [1.54, 1.807) is 17.0 Å². The second-order valence-electron chi connectivity index (χ2n) is 8.49. The summed E-state index contributed by atoms with van der Waals surface area (Å²) in [6, 6.07) is 19.0. The number of carbonyl (C=O) groups is 2. The van der Waals surface area contributed by atoms with Crippen molar-refractivity contribution in [1.29, 1.82) is 0 Å². The summed E-state index contributed by atoms with van der Waals surface area (Å²) in [6.07, 6.45) is 2.02. The number of nitrogens with one attached hydrogen (secondary N) is 1. The molecule has 1 saturated heterocycles. The topological polar surface area (TPSA) is 85.2 Å². The maximum Gasteiger partial charge on any atom is 0.231 e. The van der Waals surface area contributed by atoms with Crippen molar-refractivity contribution in [2.75, 3.05) is 23.6 Å². The van der Waals surface area contributed by atoms with Crippen LogP contribution >= 0.6 is 0 Å². The molecular formula is C26H22N4O4. The number of anilines is 2. The molecule has 0 radical (unpaired) electrons. The minimum Gasteiger partial charge on any atom is -0.454 e. The van der Waals surface area contributed by atoms with Gasteiger partial charge in [-0.15, -0.1) is 0 Å². The van der Waals surface area contributed by atoms with Crippen LogP contribution in [0.4, 0.5) is 11.5 Å². The van der Waals surface area contributed by atoms with Crippen LogP contribution in [0.1, 0.15) is 12.0 Å². The Hall–Kier alpha value is -4.33. The number of rotatable bonds is 4. The molecule has 8 heteroatoms. The molecule has 0 bridgehead atoms. The first kappa shape index (κ1) is 20.3. The lowest BCUT2D eigenvalue weighted by atomic mass is 10.1. The number of pyridine rings is 1. The second-order valence-corrected chi connectivity index (χ2v) is 8.49. The van der Waals surface area contributed by atoms with Crippen molar-refractivity contribution in [3.05, 3.63) is 72.4 Å². The molecule has 2 aromatic heterocycles. The van der Waals surface area contributed by atoms with Gasteiger partial charge in [0, 0.05) is 36.5 Å². The summed E-state index contributed by atoms with van der Waals surface area (Å²) >= 11 is 0. The van der Waals surface area contributed by atoms with Crippen LogP contribution in [-0.2, 0) is 9.59 Å². The van der Waals surface area contributed by atoms with Crippen LogP contribution < -0.4 is 19.7 Å². The van der Waals surface area contributed by atoms with Crippen molar-refractivity contribution in [2.24, 2.45) is 5.92 Å². The highest BCUT2D eigenvalue weighted by molar-refractivity contribution is 6.04. The summed E-state index contributed by atoms with van der Waals surface area (Å²) in [6.45, 7) is 2.45. The number of aromatic nitrogens is 2. The third-order valence-corrected chi connectivity index (χ3v) is 6.30. The van der Waals surface area contributed by atoms with Crippen LogP contribution in [0.25, 0.3) is 16.9 Å². The molecule has 2 aliphatic heterocycles. The fraction of sp³-hybridized carbons (Fsp3) is 0.192. The van der Waals surface area contributed by atoms with Crippen LogP contribution in [0.15, 0.2) is 66.9 Å². The van der Waals surface area contributed by atoms with Crippen molar-refractivity contribution < 1.29 is 19.1 Å². The van der Waals surface area contributed by atoms with Crippen molar-refractivity contribution >= 4 is 29.0 Å². The van der Waals surface area contributed by atoms with Gasteiger partial charge < -0.3 is 19.7 Å². The van der Waals surface area contributed by atoms with Gasteiger partial charge in [-0.05, 0) is 30.7 Å². The molecule has 4 aromatic rings. The van der Waals surface area contributed by atoms with Gasteiger partial charge in [-0.1, -0.05) is 36.4 Å². The number of nitrogens with zero attached hydrogens (tertiary/aromatic N) is 3. The molecule has 0 aliphatic carbocycles. The van der Waals surface area contributed by atoms with Gasteiger partial charge >= 0.3 is 0 Å². The Labute approximate surface area is 195 Å². The van der Waals surface area contributed by atoms with Gasteiger partial charge in [-0.25, -0.2) is 4.98 Å². The summed E-state index contributed by atoms with van der Waals surface area (Å²) in [7, 11) is 0. The van der Waals surface area contributed by atoms with Gasteiger partial charge in [0.1, 0.15) is 17.2 Å². The van der Waals surface area contributed by atoms with Gasteiger partial charge in [-0.3, -0.25) is 14.0 Å². The summed E-state index contributed by atoms with van der Waals surface area (Å²) in [4.78, 5) is 32.6. The van der Waals surface area contributed by atoms with E-state index in [4.69, 9.17) is 14.5 Å². The van der Waals surface area contributed by atoms with E-state index in [-0.39, 0.29) is 25.0 Å². The van der Waals surface area contributed by atoms with Crippen LogP contribution in [0.3, 0.4) is 0 Å². The molecule has 4 heterocycles. The van der Waals surface area contributed by atoms with Gasteiger partial charge in [-0.2, -0.15) is 0 Å². The number of carbonyl (C=O) groups excluding carboxylic acids is 2. The molecule has 34 heavy (non-hydrogen) atoms. The Morgan fingerprint density at radius 3 is 2.74 bits per heavy atom. The van der Waals surface area contributed by atoms with Gasteiger partial charge in [0.05, 0.1) is 5.92 Å². The lowest BCUT2D eigenvalue weighted by molar-refractivity contribution is -0.122. The van der Waals surface area contributed by atoms with Crippen LogP contribution in [-0.4, -0.2) is 34.5 Å². The molecule has 0 saturated carbocycles. The maximum atomic E-state index is 13.4. The smallest absolute Gasteiger partial charge is 0.231 e. The van der Waals surface area contributed by atoms with Crippen LogP contribution in [0, 0.1) is 12.8 Å². The van der Waals surface area contributed by atoms with Gasteiger partial charge in [0.25, 0.3) is 0 Å². The molecular weight excluding hydrogens is 432 g/mol. The predicted octanol–water partition coefficient (Wildman–Crippen LogP) is 4.03. The number of hydrogen-bond donors (Lipinski definition) is 1. The van der Waals surface area contributed by atoms with E-state index in [1.165, 1.54) is 0 Å². The Balaban J connectivity index is 1.29. The average molecular weight is 454 g/mol. The lowest BCUT2D eigenvalue weighted by Crippen LogP contribution is -2.28. The first-order chi connectivity index (χ1) is 16.6. The highest BCUT2D eigenvalue weighted by atomic mass is 16.7. The third kappa shape index (κ3) is 3.35. The summed E-state index contributed by atoms with van der Waals surface area (Å²) in [5, 5.41) is 3.07. The molecule has 2 amide bonds. The van der Waals surface area contributed by atoms with E-state index in [0.29, 0.717) is 35.2 Å². The Morgan fingerprint density at radius 1 is 1.06 bits per heavy atom. The monoisotopic (exact) mass is 454 g/mol. The molecule has 1 N–H and O–H groups in total. The summed E-state index contributed by atoms with van der Waals surface area (Å²) in [5.41, 5.74) is 4.08. The Kier molecular flexibility index (Phi) is 4.72. The van der Waals surface area contributed by atoms with Gasteiger partial charge in [0.15, 0.2) is 11.5 Å². The number of benzene rings is 2. The van der Waals surface area contributed by atoms with E-state index in [2.05, 4.69) is 5.32 Å². The molecule has 2 aromatic carbocycles. The van der Waals surface area contributed by atoms with E-state index >= 15 is 0 Å². The second kappa shape index (κ2) is 7.91. The Bertz CT molecular complexity index is 1430. The highest BCUT2D eigenvalue weighted by Crippen LogP contribution is 2.37. The van der Waals surface area contributed by atoms with Crippen molar-refractivity contribution in [3.63, 3.8) is 0 Å². The zero-order valence-corrected chi connectivity index (χ0v) is 18.5. The minimum absolute atomic E-state index is 0.101. The highest BCUT2D eigenvalue weighted by Gasteiger charge is 2.36. The minimum atomic E-state index is -0.489. The average Bonchev–Trinajstić information content (AvgIpc) is 3.57. The zero-order chi connectivity index (χ0) is 23.2. The standard InChI is InChI=1S/C26H22N4O4/c1-16-6-5-11-29-24(16)27-23(17-7-3-2-4-8-17)25(29)28-26(32)18-12-22(31)30(14-18)19-9-10-20-21(13-19)34-15-33-20/h2-11,13,18H,12,14-15H2,1H3,(H,28,32)/t18-/m1/s1. The Morgan fingerprint density at radius 2 is 1.88 bits per heavy atom. The van der Waals surface area contributed by atoms with Crippen LogP contribution in [0.2, 0.25) is 0 Å². The molecule has 170 valence electrons. The predicted molar refractivity (Wildman–Crippen MR) is 127 cm³/mol. The fourth-order valence-corrected chi connectivity index (χ4v) is 4.53. The molecule has 2 aliphatic rings. The molecule has 0 spiro atoms. The van der Waals surface area contributed by atoms with Crippen LogP contribution in [0.5, 0.6) is 11.5 Å². The number of imidazole rings is 1. The molecule has 1 fully saturated rings. The molecule has 6 rings (SSSR count). The molecule has 1 atom stereocenters. The molecule has 8 nitrogen and oxygen atoms in total. The van der Waals surface area contributed by atoms with E-state index in [0.717, 1.165) is 16.8 Å². The number of aryl methyl sites for hydroxylation is 1. The SMILES string of the molecule is Cc1cccn2c(NC(=O)[C@@H]3CC(=O)N(c4ccc5c(c4)OCO5)C3)c(-c3ccccc3)nc12. The zero-order valence-electron chi connectivity index (χ0n) is 18.5. The van der Waals surface area contributed by atoms with Crippen molar-refractivity contribution in [1.82, 2.24) is 9.38 Å². The van der Waals surface area contributed by atoms with Crippen molar-refractivity contribution in [2.45, 2.75) is 13.3 Å². The first-order valence-corrected chi connectivity index (χ1v) is 11.1. The fourth-order valence-electron chi connectivity index (χ4n) is 4.53. The molecule has 0 unspecified atom stereocenters. The lowest BCUT2D eigenvalue weighted by Gasteiger charge is -2.17. The number of amides is 2. The van der Waals surface area contributed by atoms with Gasteiger partial charge in [0.2, 0.25) is 18.6 Å². The number of fused-ring (bicyclic) bond motifs is 2. The largest absolute Gasteiger partial charge is 0.454 e. The third-order valence-electron chi connectivity index (χ3n) is 6.30. The summed E-state index contributed by atoms with van der Waals surface area (Å²) in [5.74, 6) is 1.06. The number of ether oxygens (including phenoxy) is 2. The van der Waals surface area contributed by atoms with E-state index in [1.807, 2.05) is 66.1 Å². The summed E-state index contributed by atoms with van der Waals surface area (Å²) < 4.78 is 12.7. The van der Waals surface area contributed by atoms with E-state index < -0.39 is 5.92 Å². The number of hydrogen-bond acceptors (Lipinski definition) is 5. The quantitative estimate of drug-likeness (QED) is 0.503. The van der Waals surface area contributed by atoms with Crippen molar-refractivity contribution in [3.8, 4) is 22.8 Å².